The average Bonchev–Trinajstić information content (AvgIpc) is 2.72. The van der Waals surface area contributed by atoms with Gasteiger partial charge in [-0.05, 0) is 55.6 Å². The zero-order chi connectivity index (χ0) is 9.80. The third-order valence-electron chi connectivity index (χ3n) is 2.94. The van der Waals surface area contributed by atoms with Gasteiger partial charge in [0.1, 0.15) is 0 Å². The summed E-state index contributed by atoms with van der Waals surface area (Å²) >= 11 is 0. The van der Waals surface area contributed by atoms with Crippen molar-refractivity contribution in [3.8, 4) is 0 Å². The Hall–Kier alpha value is -0.370. The first-order valence-electron chi connectivity index (χ1n) is 5.61. The van der Waals surface area contributed by atoms with Gasteiger partial charge in [0.15, 0.2) is 5.78 Å². The molecule has 0 saturated carbocycles. The minimum absolute atomic E-state index is 0.326. The molecule has 14 heavy (non-hydrogen) atoms. The molecule has 1 aliphatic heterocycles. The highest BCUT2D eigenvalue weighted by atomic mass is 32.2. The number of carbonyl (C=O) groups excluding carboxylic acids is 1. The summed E-state index contributed by atoms with van der Waals surface area (Å²) < 4.78 is 0. The Kier molecular flexibility index (Phi) is 3.57. The highest BCUT2D eigenvalue weighted by Crippen LogP contribution is 2.25. The first-order valence-corrected chi connectivity index (χ1v) is 7.23. The Morgan fingerprint density at radius 3 is 2.64 bits per heavy atom. The minimum atomic E-state index is 0.326. The summed E-state index contributed by atoms with van der Waals surface area (Å²) in [7, 11) is 0.326. The van der Waals surface area contributed by atoms with E-state index in [1.165, 1.54) is 37.2 Å². The topological polar surface area (TPSA) is 17.1 Å². The number of rotatable bonds is 2. The molecule has 2 heteroatoms. The van der Waals surface area contributed by atoms with E-state index >= 15 is 0 Å². The number of hydrogen-bond acceptors (Lipinski definition) is 1. The molecule has 78 valence electrons. The monoisotopic (exact) mass is 210 g/mol. The van der Waals surface area contributed by atoms with E-state index in [1.54, 1.807) is 0 Å². The van der Waals surface area contributed by atoms with E-state index in [0.717, 1.165) is 18.4 Å². The van der Waals surface area contributed by atoms with Crippen molar-refractivity contribution in [2.45, 2.75) is 38.5 Å². The smallest absolute Gasteiger partial charge is 0.186 e. The quantitative estimate of drug-likeness (QED) is 0.640. The lowest BCUT2D eigenvalue weighted by Gasteiger charge is -2.09. The second-order valence-electron chi connectivity index (χ2n) is 4.11. The highest BCUT2D eigenvalue weighted by Gasteiger charge is 2.12. The van der Waals surface area contributed by atoms with Crippen LogP contribution in [0, 0.1) is 0 Å². The molecule has 0 amide bonds. The second kappa shape index (κ2) is 4.92. The summed E-state index contributed by atoms with van der Waals surface area (Å²) in [6.45, 7) is 0. The van der Waals surface area contributed by atoms with Gasteiger partial charge in [0.2, 0.25) is 0 Å². The fraction of sp³-hybridized carbons (Fsp3) is 0.667. The Morgan fingerprint density at radius 2 is 2.00 bits per heavy atom. The average molecular weight is 210 g/mol. The van der Waals surface area contributed by atoms with Crippen LogP contribution >= 0.6 is 10.5 Å². The molecule has 0 radical (unpaired) electrons. The van der Waals surface area contributed by atoms with Crippen molar-refractivity contribution in [3.05, 3.63) is 11.6 Å². The molecule has 1 saturated heterocycles. The van der Waals surface area contributed by atoms with Crippen LogP contribution in [-0.4, -0.2) is 22.7 Å². The summed E-state index contributed by atoms with van der Waals surface area (Å²) in [6.07, 6.45) is 9.41. The number of ketones is 1. The molecule has 0 unspecified atom stereocenters. The summed E-state index contributed by atoms with van der Waals surface area (Å²) in [5.74, 6) is 2.87. The van der Waals surface area contributed by atoms with Gasteiger partial charge < -0.3 is 0 Å². The maximum absolute atomic E-state index is 11.8. The number of hydrogen-bond donors (Lipinski definition) is 0. The molecule has 0 spiro atoms. The molecule has 0 aromatic heterocycles. The van der Waals surface area contributed by atoms with Crippen LogP contribution in [0.15, 0.2) is 11.6 Å². The Morgan fingerprint density at radius 1 is 1.21 bits per heavy atom. The lowest BCUT2D eigenvalue weighted by Crippen LogP contribution is -2.07. The Labute approximate surface area is 88.5 Å². The maximum atomic E-state index is 11.8. The van der Waals surface area contributed by atoms with E-state index in [4.69, 9.17) is 0 Å². The van der Waals surface area contributed by atoms with Crippen molar-refractivity contribution in [1.82, 2.24) is 0 Å². The van der Waals surface area contributed by atoms with Crippen LogP contribution in [-0.2, 0) is 4.79 Å². The van der Waals surface area contributed by atoms with Gasteiger partial charge in [0, 0.05) is 5.37 Å². The SMILES string of the molecule is O=C(C=S1CCCC1)C1=CCCCC1. The molecule has 0 atom stereocenters. The molecule has 2 rings (SSSR count). The van der Waals surface area contributed by atoms with Crippen LogP contribution < -0.4 is 0 Å². The standard InChI is InChI=1S/C12H18OS/c13-12(10-14-8-4-5-9-14)11-6-2-1-3-7-11/h6,10H,1-5,7-9H2. The zero-order valence-corrected chi connectivity index (χ0v) is 9.44. The molecule has 2 aliphatic rings. The zero-order valence-electron chi connectivity index (χ0n) is 8.63. The van der Waals surface area contributed by atoms with E-state index in [9.17, 15) is 4.79 Å². The van der Waals surface area contributed by atoms with Gasteiger partial charge in [-0.3, -0.25) is 4.79 Å². The minimum Gasteiger partial charge on any atom is -0.289 e. The maximum Gasteiger partial charge on any atom is 0.186 e. The van der Waals surface area contributed by atoms with Gasteiger partial charge in [-0.2, -0.15) is 10.5 Å². The van der Waals surface area contributed by atoms with Crippen molar-refractivity contribution in [2.24, 2.45) is 0 Å². The molecule has 1 heterocycles. The lowest BCUT2D eigenvalue weighted by atomic mass is 9.97. The van der Waals surface area contributed by atoms with Crippen molar-refractivity contribution in [1.29, 1.82) is 0 Å². The van der Waals surface area contributed by atoms with Gasteiger partial charge in [-0.1, -0.05) is 6.08 Å². The summed E-state index contributed by atoms with van der Waals surface area (Å²) in [4.78, 5) is 11.8. The van der Waals surface area contributed by atoms with Gasteiger partial charge in [-0.15, -0.1) is 0 Å². The number of Topliss-reactive ketones (excluding diaryl/α,β-unsaturated/α-hetero) is 1. The molecule has 0 N–H and O–H groups in total. The van der Waals surface area contributed by atoms with E-state index in [1.807, 2.05) is 5.37 Å². The van der Waals surface area contributed by atoms with E-state index in [-0.39, 0.29) is 0 Å². The first-order chi connectivity index (χ1) is 6.86. The number of allylic oxidation sites excluding steroid dienone is 2. The molecule has 1 nitrogen and oxygen atoms in total. The van der Waals surface area contributed by atoms with Crippen molar-refractivity contribution in [2.75, 3.05) is 11.5 Å². The first kappa shape index (κ1) is 10.2. The summed E-state index contributed by atoms with van der Waals surface area (Å²) in [6, 6.07) is 0. The normalized spacial score (nSPS) is 23.3. The van der Waals surface area contributed by atoms with Crippen LogP contribution in [0.2, 0.25) is 0 Å². The van der Waals surface area contributed by atoms with Crippen LogP contribution in [0.4, 0.5) is 0 Å². The summed E-state index contributed by atoms with van der Waals surface area (Å²) in [5, 5.41) is 2.02. The summed E-state index contributed by atoms with van der Waals surface area (Å²) in [5.41, 5.74) is 1.09. The van der Waals surface area contributed by atoms with Gasteiger partial charge in [0.25, 0.3) is 0 Å². The van der Waals surface area contributed by atoms with Crippen LogP contribution in [0.5, 0.6) is 0 Å². The predicted molar refractivity (Wildman–Crippen MR) is 64.2 cm³/mol. The van der Waals surface area contributed by atoms with Crippen molar-refractivity contribution >= 4 is 21.6 Å². The Balaban J connectivity index is 2.00. The van der Waals surface area contributed by atoms with Gasteiger partial charge in [-0.25, -0.2) is 0 Å². The molecular weight excluding hydrogens is 192 g/mol. The van der Waals surface area contributed by atoms with E-state index in [2.05, 4.69) is 6.08 Å². The second-order valence-corrected chi connectivity index (χ2v) is 6.24. The molecule has 0 aromatic carbocycles. The van der Waals surface area contributed by atoms with Crippen LogP contribution in [0.3, 0.4) is 0 Å². The van der Waals surface area contributed by atoms with E-state index in [0.29, 0.717) is 16.3 Å². The fourth-order valence-electron chi connectivity index (χ4n) is 2.08. The van der Waals surface area contributed by atoms with Crippen molar-refractivity contribution < 1.29 is 4.79 Å². The molecule has 0 bridgehead atoms. The predicted octanol–water partition coefficient (Wildman–Crippen LogP) is 2.92. The highest BCUT2D eigenvalue weighted by molar-refractivity contribution is 8.16. The van der Waals surface area contributed by atoms with Gasteiger partial charge in [0.05, 0.1) is 0 Å². The molecular formula is C12H18OS. The number of carbonyl (C=O) groups is 1. The van der Waals surface area contributed by atoms with Gasteiger partial charge >= 0.3 is 0 Å². The van der Waals surface area contributed by atoms with Crippen LogP contribution in [0.25, 0.3) is 0 Å². The lowest BCUT2D eigenvalue weighted by molar-refractivity contribution is -0.109. The third kappa shape index (κ3) is 2.57. The third-order valence-corrected chi connectivity index (χ3v) is 5.12. The molecule has 0 aromatic rings. The fourth-order valence-corrected chi connectivity index (χ4v) is 4.13. The van der Waals surface area contributed by atoms with Crippen LogP contribution in [0.1, 0.15) is 38.5 Å². The molecule has 1 aliphatic carbocycles. The Bertz CT molecular complexity index is 281. The molecule has 1 fully saturated rings. The largest absolute Gasteiger partial charge is 0.289 e. The van der Waals surface area contributed by atoms with Crippen molar-refractivity contribution in [3.63, 3.8) is 0 Å². The van der Waals surface area contributed by atoms with E-state index < -0.39 is 0 Å².